The zero-order chi connectivity index (χ0) is 23.3. The van der Waals surface area contributed by atoms with Gasteiger partial charge in [0.25, 0.3) is 0 Å². The molecule has 0 aromatic carbocycles. The molecule has 29 heavy (non-hydrogen) atoms. The van der Waals surface area contributed by atoms with Gasteiger partial charge in [-0.15, -0.1) is 0 Å². The molecule has 0 fully saturated rings. The molecule has 0 rings (SSSR count). The van der Waals surface area contributed by atoms with Crippen LogP contribution < -0.4 is 0 Å². The molecule has 0 bridgehead atoms. The standard InChI is InChI=1S/C23H40O6/c1-12-14-23(10,19(26)21(7,8)28-18(25)16(3)4)29-20(5,6)17(24)15-22(9,13-2)27-11/h3,12-15H2,1-2,4-11H3. The van der Waals surface area contributed by atoms with Crippen molar-refractivity contribution in [3.8, 4) is 0 Å². The van der Waals surface area contributed by atoms with Crippen molar-refractivity contribution < 1.29 is 28.6 Å². The van der Waals surface area contributed by atoms with Gasteiger partial charge in [0.05, 0.1) is 5.60 Å². The number of rotatable bonds is 13. The van der Waals surface area contributed by atoms with Gasteiger partial charge in [-0.3, -0.25) is 9.59 Å². The first-order valence-electron chi connectivity index (χ1n) is 10.2. The van der Waals surface area contributed by atoms with Crippen LogP contribution in [0.2, 0.25) is 0 Å². The fourth-order valence-electron chi connectivity index (χ4n) is 3.20. The van der Waals surface area contributed by atoms with Crippen LogP contribution in [0.3, 0.4) is 0 Å². The molecular weight excluding hydrogens is 372 g/mol. The van der Waals surface area contributed by atoms with Crippen molar-refractivity contribution in [2.24, 2.45) is 0 Å². The minimum Gasteiger partial charge on any atom is -0.448 e. The minimum atomic E-state index is -1.43. The zero-order valence-corrected chi connectivity index (χ0v) is 20.0. The van der Waals surface area contributed by atoms with Crippen LogP contribution in [0.4, 0.5) is 0 Å². The van der Waals surface area contributed by atoms with Gasteiger partial charge in [0.2, 0.25) is 5.78 Å². The zero-order valence-electron chi connectivity index (χ0n) is 20.0. The molecule has 0 radical (unpaired) electrons. The molecule has 0 spiro atoms. The molecule has 0 aliphatic heterocycles. The van der Waals surface area contributed by atoms with E-state index >= 15 is 0 Å². The molecule has 6 nitrogen and oxygen atoms in total. The Morgan fingerprint density at radius 1 is 0.931 bits per heavy atom. The van der Waals surface area contributed by atoms with E-state index in [2.05, 4.69) is 6.58 Å². The van der Waals surface area contributed by atoms with E-state index < -0.39 is 34.2 Å². The van der Waals surface area contributed by atoms with Gasteiger partial charge in [0.15, 0.2) is 11.4 Å². The highest BCUT2D eigenvalue weighted by atomic mass is 16.6. The van der Waals surface area contributed by atoms with E-state index in [-0.39, 0.29) is 17.8 Å². The van der Waals surface area contributed by atoms with E-state index in [0.717, 1.165) is 0 Å². The van der Waals surface area contributed by atoms with Crippen molar-refractivity contribution >= 4 is 17.5 Å². The summed E-state index contributed by atoms with van der Waals surface area (Å²) in [7, 11) is 1.58. The lowest BCUT2D eigenvalue weighted by atomic mass is 9.83. The molecule has 168 valence electrons. The minimum absolute atomic E-state index is 0.157. The Morgan fingerprint density at radius 3 is 1.83 bits per heavy atom. The Labute approximate surface area is 176 Å². The van der Waals surface area contributed by atoms with Crippen molar-refractivity contribution in [3.63, 3.8) is 0 Å². The first-order chi connectivity index (χ1) is 13.0. The highest BCUT2D eigenvalue weighted by Gasteiger charge is 2.49. The van der Waals surface area contributed by atoms with Crippen LogP contribution in [-0.2, 0) is 28.6 Å². The average molecular weight is 413 g/mol. The van der Waals surface area contributed by atoms with Crippen LogP contribution in [0, 0.1) is 0 Å². The summed E-state index contributed by atoms with van der Waals surface area (Å²) in [5, 5.41) is 0. The van der Waals surface area contributed by atoms with Crippen LogP contribution in [-0.4, -0.2) is 47.0 Å². The van der Waals surface area contributed by atoms with Crippen molar-refractivity contribution in [1.82, 2.24) is 0 Å². The van der Waals surface area contributed by atoms with E-state index in [9.17, 15) is 14.4 Å². The Hall–Kier alpha value is -1.53. The largest absolute Gasteiger partial charge is 0.448 e. The highest BCUT2D eigenvalue weighted by Crippen LogP contribution is 2.34. The number of methoxy groups -OCH3 is 1. The molecule has 0 heterocycles. The second kappa shape index (κ2) is 9.98. The van der Waals surface area contributed by atoms with Gasteiger partial charge < -0.3 is 14.2 Å². The summed E-state index contributed by atoms with van der Waals surface area (Å²) in [6.07, 6.45) is 1.87. The molecule has 0 aromatic rings. The van der Waals surface area contributed by atoms with E-state index in [1.54, 1.807) is 27.9 Å². The summed E-state index contributed by atoms with van der Waals surface area (Å²) in [5.74, 6) is -1.20. The third-order valence-corrected chi connectivity index (χ3v) is 5.38. The SMILES string of the molecule is C=C(C)C(=O)OC(C)(C)C(=O)C(C)(CCC)OC(C)(C)C(=O)CC(C)(CC)OC. The van der Waals surface area contributed by atoms with E-state index in [0.29, 0.717) is 19.3 Å². The van der Waals surface area contributed by atoms with Crippen molar-refractivity contribution in [2.45, 2.75) is 110 Å². The number of esters is 1. The normalized spacial score (nSPS) is 16.5. The van der Waals surface area contributed by atoms with Crippen LogP contribution >= 0.6 is 0 Å². The summed E-state index contributed by atoms with van der Waals surface area (Å²) in [5.41, 5.74) is -4.34. The maximum absolute atomic E-state index is 13.4. The Balaban J connectivity index is 5.75. The molecule has 0 aliphatic carbocycles. The highest BCUT2D eigenvalue weighted by molar-refractivity contribution is 5.98. The van der Waals surface area contributed by atoms with Crippen LogP contribution in [0.5, 0.6) is 0 Å². The maximum Gasteiger partial charge on any atom is 0.334 e. The predicted octanol–water partition coefficient (Wildman–Crippen LogP) is 4.58. The smallest absolute Gasteiger partial charge is 0.334 e. The summed E-state index contributed by atoms with van der Waals surface area (Å²) in [6, 6.07) is 0. The van der Waals surface area contributed by atoms with Gasteiger partial charge >= 0.3 is 5.97 Å². The number of carbonyl (C=O) groups excluding carboxylic acids is 3. The van der Waals surface area contributed by atoms with Crippen LogP contribution in [0.1, 0.15) is 88.0 Å². The number of carbonyl (C=O) groups is 3. The quantitative estimate of drug-likeness (QED) is 0.325. The summed E-state index contributed by atoms with van der Waals surface area (Å²) in [6.45, 7) is 18.9. The van der Waals surface area contributed by atoms with Gasteiger partial charge in [0.1, 0.15) is 11.2 Å². The lowest BCUT2D eigenvalue weighted by Crippen LogP contribution is -2.56. The van der Waals surface area contributed by atoms with Crippen LogP contribution in [0.15, 0.2) is 12.2 Å². The topological polar surface area (TPSA) is 78.9 Å². The molecule has 6 heteroatoms. The van der Waals surface area contributed by atoms with Gasteiger partial charge in [-0.25, -0.2) is 4.79 Å². The third kappa shape index (κ3) is 7.34. The summed E-state index contributed by atoms with van der Waals surface area (Å²) >= 11 is 0. The lowest BCUT2D eigenvalue weighted by Gasteiger charge is -2.41. The molecule has 0 amide bonds. The van der Waals surface area contributed by atoms with Crippen LogP contribution in [0.25, 0.3) is 0 Å². The van der Waals surface area contributed by atoms with Gasteiger partial charge in [-0.1, -0.05) is 26.8 Å². The van der Waals surface area contributed by atoms with E-state index in [1.807, 2.05) is 20.8 Å². The van der Waals surface area contributed by atoms with E-state index in [1.165, 1.54) is 20.8 Å². The first-order valence-corrected chi connectivity index (χ1v) is 10.2. The van der Waals surface area contributed by atoms with Gasteiger partial charge in [-0.2, -0.15) is 0 Å². The molecule has 0 aliphatic rings. The van der Waals surface area contributed by atoms with Gasteiger partial charge in [0, 0.05) is 19.1 Å². The average Bonchev–Trinajstić information content (AvgIpc) is 2.59. The number of hydrogen-bond acceptors (Lipinski definition) is 6. The van der Waals surface area contributed by atoms with Crippen molar-refractivity contribution in [3.05, 3.63) is 12.2 Å². The van der Waals surface area contributed by atoms with Gasteiger partial charge in [-0.05, 0) is 61.3 Å². The maximum atomic E-state index is 13.4. The second-order valence-electron chi connectivity index (χ2n) is 9.21. The Kier molecular flexibility index (Phi) is 9.46. The second-order valence-corrected chi connectivity index (χ2v) is 9.21. The summed E-state index contributed by atoms with van der Waals surface area (Å²) < 4.78 is 17.0. The number of ketones is 2. The van der Waals surface area contributed by atoms with E-state index in [4.69, 9.17) is 14.2 Å². The lowest BCUT2D eigenvalue weighted by molar-refractivity contribution is -0.191. The first kappa shape index (κ1) is 27.5. The monoisotopic (exact) mass is 412 g/mol. The fourth-order valence-corrected chi connectivity index (χ4v) is 3.20. The number of hydrogen-bond donors (Lipinski definition) is 0. The molecule has 0 aromatic heterocycles. The third-order valence-electron chi connectivity index (χ3n) is 5.38. The molecule has 0 saturated carbocycles. The number of Topliss-reactive ketones (excluding diaryl/α,β-unsaturated/α-hetero) is 2. The van der Waals surface area contributed by atoms with Crippen molar-refractivity contribution in [1.29, 1.82) is 0 Å². The number of ether oxygens (including phenoxy) is 3. The summed E-state index contributed by atoms with van der Waals surface area (Å²) in [4.78, 5) is 38.4. The molecule has 2 unspecified atom stereocenters. The predicted molar refractivity (Wildman–Crippen MR) is 114 cm³/mol. The molecule has 0 N–H and O–H groups in total. The molecular formula is C23H40O6. The Morgan fingerprint density at radius 2 is 1.45 bits per heavy atom. The fraction of sp³-hybridized carbons (Fsp3) is 0.783. The molecule has 2 atom stereocenters. The Bertz CT molecular complexity index is 627. The van der Waals surface area contributed by atoms with Crippen molar-refractivity contribution in [2.75, 3.05) is 7.11 Å². The molecule has 0 saturated heterocycles.